The van der Waals surface area contributed by atoms with E-state index in [0.29, 0.717) is 12.0 Å². The summed E-state index contributed by atoms with van der Waals surface area (Å²) in [7, 11) is -3.66. The minimum Gasteiger partial charge on any atom is -0.339 e. The monoisotopic (exact) mass is 384 g/mol. The van der Waals surface area contributed by atoms with Crippen molar-refractivity contribution in [3.05, 3.63) is 59.7 Å². The lowest BCUT2D eigenvalue weighted by molar-refractivity contribution is 0.0724. The number of carbonyl (C=O) groups excluding carboxylic acids is 1. The second-order valence-electron chi connectivity index (χ2n) is 7.36. The number of amides is 1. The van der Waals surface area contributed by atoms with Gasteiger partial charge in [0.15, 0.2) is 0 Å². The molecule has 0 aromatic heterocycles. The largest absolute Gasteiger partial charge is 0.339 e. The Morgan fingerprint density at radius 1 is 0.963 bits per heavy atom. The number of carbonyl (C=O) groups is 1. The van der Waals surface area contributed by atoms with Crippen LogP contribution in [-0.2, 0) is 16.4 Å². The second-order valence-corrected chi connectivity index (χ2v) is 9.17. The molecule has 0 spiro atoms. The Hall–Kier alpha value is -2.34. The minimum atomic E-state index is -3.66. The molecule has 0 bridgehead atoms. The third-order valence-electron chi connectivity index (χ3n) is 5.45. The maximum Gasteiger partial charge on any atom is 0.264 e. The summed E-state index contributed by atoms with van der Waals surface area (Å²) < 4.78 is 27.9. The third kappa shape index (κ3) is 3.23. The van der Waals surface area contributed by atoms with E-state index < -0.39 is 10.0 Å². The Labute approximate surface area is 160 Å². The van der Waals surface area contributed by atoms with Gasteiger partial charge in [0, 0.05) is 24.7 Å². The van der Waals surface area contributed by atoms with Crippen LogP contribution in [0.25, 0.3) is 0 Å². The molecular weight excluding hydrogens is 360 g/mol. The van der Waals surface area contributed by atoms with E-state index >= 15 is 0 Å². The molecule has 1 unspecified atom stereocenters. The molecule has 6 heteroatoms. The number of nitrogens with zero attached hydrogens (tertiary/aromatic N) is 2. The van der Waals surface area contributed by atoms with Crippen LogP contribution in [0.2, 0.25) is 0 Å². The SMILES string of the molecule is CC1Cc2ccccc2N1S(=O)(=O)c1ccc(C(=O)N2CCCCC2)cc1. The fourth-order valence-electron chi connectivity index (χ4n) is 4.07. The standard InChI is InChI=1S/C21H24N2O3S/c1-16-15-18-7-3-4-8-20(18)23(16)27(25,26)19-11-9-17(10-12-19)21(24)22-13-5-2-6-14-22/h3-4,7-12,16H,2,5-6,13-15H2,1H3. The van der Waals surface area contributed by atoms with Crippen molar-refractivity contribution in [2.75, 3.05) is 17.4 Å². The summed E-state index contributed by atoms with van der Waals surface area (Å²) in [5.74, 6) is -0.0152. The number of sulfonamides is 1. The van der Waals surface area contributed by atoms with E-state index in [1.54, 1.807) is 24.3 Å². The lowest BCUT2D eigenvalue weighted by atomic mass is 10.1. The number of para-hydroxylation sites is 1. The number of hydrogen-bond acceptors (Lipinski definition) is 3. The van der Waals surface area contributed by atoms with E-state index in [1.807, 2.05) is 36.1 Å². The molecule has 4 rings (SSSR count). The first kappa shape index (κ1) is 18.0. The van der Waals surface area contributed by atoms with Crippen LogP contribution in [0.1, 0.15) is 42.1 Å². The molecule has 0 saturated carbocycles. The van der Waals surface area contributed by atoms with Crippen molar-refractivity contribution in [2.24, 2.45) is 0 Å². The topological polar surface area (TPSA) is 57.7 Å². The predicted octanol–water partition coefficient (Wildman–Crippen LogP) is 3.45. The first-order chi connectivity index (χ1) is 13.0. The molecular formula is C21H24N2O3S. The molecule has 2 aromatic rings. The van der Waals surface area contributed by atoms with Gasteiger partial charge in [-0.15, -0.1) is 0 Å². The molecule has 2 aromatic carbocycles. The highest BCUT2D eigenvalue weighted by molar-refractivity contribution is 7.92. The van der Waals surface area contributed by atoms with E-state index in [1.165, 1.54) is 4.31 Å². The van der Waals surface area contributed by atoms with Crippen molar-refractivity contribution in [1.82, 2.24) is 4.90 Å². The van der Waals surface area contributed by atoms with Gasteiger partial charge in [0.25, 0.3) is 15.9 Å². The molecule has 27 heavy (non-hydrogen) atoms. The van der Waals surface area contributed by atoms with Gasteiger partial charge >= 0.3 is 0 Å². The molecule has 2 aliphatic heterocycles. The third-order valence-corrected chi connectivity index (χ3v) is 7.39. The fourth-order valence-corrected chi connectivity index (χ4v) is 5.76. The Kier molecular flexibility index (Phi) is 4.68. The van der Waals surface area contributed by atoms with Crippen LogP contribution in [0.5, 0.6) is 0 Å². The van der Waals surface area contributed by atoms with E-state index in [-0.39, 0.29) is 16.8 Å². The van der Waals surface area contributed by atoms with Crippen LogP contribution in [0.4, 0.5) is 5.69 Å². The molecule has 1 fully saturated rings. The summed E-state index contributed by atoms with van der Waals surface area (Å²) in [4.78, 5) is 14.7. The quantitative estimate of drug-likeness (QED) is 0.814. The van der Waals surface area contributed by atoms with Gasteiger partial charge in [-0.3, -0.25) is 9.10 Å². The molecule has 2 heterocycles. The Morgan fingerprint density at radius 2 is 1.63 bits per heavy atom. The second kappa shape index (κ2) is 7.00. The van der Waals surface area contributed by atoms with Crippen molar-refractivity contribution >= 4 is 21.6 Å². The summed E-state index contributed by atoms with van der Waals surface area (Å²) in [6, 6.07) is 13.9. The van der Waals surface area contributed by atoms with E-state index in [9.17, 15) is 13.2 Å². The lowest BCUT2D eigenvalue weighted by Gasteiger charge is -2.27. The number of rotatable bonds is 3. The van der Waals surface area contributed by atoms with E-state index in [0.717, 1.165) is 43.6 Å². The van der Waals surface area contributed by atoms with Crippen molar-refractivity contribution in [1.29, 1.82) is 0 Å². The molecule has 5 nitrogen and oxygen atoms in total. The van der Waals surface area contributed by atoms with Crippen LogP contribution >= 0.6 is 0 Å². The van der Waals surface area contributed by atoms with Gasteiger partial charge in [-0.2, -0.15) is 0 Å². The van der Waals surface area contributed by atoms with Crippen LogP contribution in [-0.4, -0.2) is 38.4 Å². The van der Waals surface area contributed by atoms with Gasteiger partial charge in [0.05, 0.1) is 10.6 Å². The van der Waals surface area contributed by atoms with Gasteiger partial charge in [-0.25, -0.2) is 8.42 Å². The highest BCUT2D eigenvalue weighted by atomic mass is 32.2. The summed E-state index contributed by atoms with van der Waals surface area (Å²) in [6.07, 6.45) is 3.94. The van der Waals surface area contributed by atoms with Gasteiger partial charge in [-0.1, -0.05) is 18.2 Å². The summed E-state index contributed by atoms with van der Waals surface area (Å²) in [6.45, 7) is 3.48. The normalized spacial score (nSPS) is 19.8. The number of hydrogen-bond donors (Lipinski definition) is 0. The zero-order valence-electron chi connectivity index (χ0n) is 15.5. The van der Waals surface area contributed by atoms with Crippen LogP contribution in [0.15, 0.2) is 53.4 Å². The highest BCUT2D eigenvalue weighted by Crippen LogP contribution is 2.36. The zero-order valence-corrected chi connectivity index (χ0v) is 16.3. The van der Waals surface area contributed by atoms with Crippen molar-refractivity contribution in [2.45, 2.75) is 43.5 Å². The van der Waals surface area contributed by atoms with Gasteiger partial charge in [0.2, 0.25) is 0 Å². The number of piperidine rings is 1. The van der Waals surface area contributed by atoms with Crippen LogP contribution in [0, 0.1) is 0 Å². The van der Waals surface area contributed by atoms with Crippen LogP contribution < -0.4 is 4.31 Å². The Bertz CT molecular complexity index is 948. The predicted molar refractivity (Wildman–Crippen MR) is 105 cm³/mol. The average Bonchev–Trinajstić information content (AvgIpc) is 3.04. The highest BCUT2D eigenvalue weighted by Gasteiger charge is 2.35. The van der Waals surface area contributed by atoms with Crippen molar-refractivity contribution in [3.63, 3.8) is 0 Å². The molecule has 0 aliphatic carbocycles. The minimum absolute atomic E-state index is 0.0152. The fraction of sp³-hybridized carbons (Fsp3) is 0.381. The molecule has 2 aliphatic rings. The first-order valence-electron chi connectivity index (χ1n) is 9.50. The molecule has 1 saturated heterocycles. The van der Waals surface area contributed by atoms with E-state index in [4.69, 9.17) is 0 Å². The number of fused-ring (bicyclic) bond motifs is 1. The Morgan fingerprint density at radius 3 is 2.33 bits per heavy atom. The molecule has 0 N–H and O–H groups in total. The lowest BCUT2D eigenvalue weighted by Crippen LogP contribution is -2.36. The van der Waals surface area contributed by atoms with Crippen LogP contribution in [0.3, 0.4) is 0 Å². The number of anilines is 1. The molecule has 1 amide bonds. The van der Waals surface area contributed by atoms with Crippen molar-refractivity contribution < 1.29 is 13.2 Å². The van der Waals surface area contributed by atoms with Gasteiger partial charge in [0.1, 0.15) is 0 Å². The zero-order chi connectivity index (χ0) is 19.0. The maximum absolute atomic E-state index is 13.2. The van der Waals surface area contributed by atoms with Gasteiger partial charge < -0.3 is 4.90 Å². The number of likely N-dealkylation sites (tertiary alicyclic amines) is 1. The smallest absolute Gasteiger partial charge is 0.264 e. The molecule has 0 radical (unpaired) electrons. The average molecular weight is 385 g/mol. The maximum atomic E-state index is 13.2. The van der Waals surface area contributed by atoms with E-state index in [2.05, 4.69) is 0 Å². The first-order valence-corrected chi connectivity index (χ1v) is 10.9. The molecule has 142 valence electrons. The molecule has 1 atom stereocenters. The van der Waals surface area contributed by atoms with Gasteiger partial charge in [-0.05, 0) is 68.5 Å². The van der Waals surface area contributed by atoms with Crippen molar-refractivity contribution in [3.8, 4) is 0 Å². The summed E-state index contributed by atoms with van der Waals surface area (Å²) in [5, 5.41) is 0. The summed E-state index contributed by atoms with van der Waals surface area (Å²) >= 11 is 0. The Balaban J connectivity index is 1.61. The number of benzene rings is 2. The summed E-state index contributed by atoms with van der Waals surface area (Å²) in [5.41, 5.74) is 2.34.